The molecule has 0 radical (unpaired) electrons. The molecular weight excluding hydrogens is 216 g/mol. The van der Waals surface area contributed by atoms with Crippen molar-refractivity contribution in [1.29, 1.82) is 0 Å². The second-order valence-electron chi connectivity index (χ2n) is 8.24. The number of rotatable bonds is 1. The molecule has 0 N–H and O–H groups in total. The molecule has 2 fully saturated rings. The van der Waals surface area contributed by atoms with Crippen molar-refractivity contribution in [2.24, 2.45) is 28.6 Å². The van der Waals surface area contributed by atoms with Crippen molar-refractivity contribution in [3.63, 3.8) is 0 Å². The predicted molar refractivity (Wildman–Crippen MR) is 80.6 cm³/mol. The molecular formula is C18H34. The smallest absolute Gasteiger partial charge is 0.0269 e. The molecule has 0 spiro atoms. The van der Waals surface area contributed by atoms with Crippen LogP contribution in [0.1, 0.15) is 86.0 Å². The maximum atomic E-state index is 2.62. The molecule has 4 unspecified atom stereocenters. The Balaban J connectivity index is 2.18. The van der Waals surface area contributed by atoms with Gasteiger partial charge >= 0.3 is 0 Å². The molecule has 0 aromatic carbocycles. The van der Waals surface area contributed by atoms with Gasteiger partial charge in [0.2, 0.25) is 0 Å². The van der Waals surface area contributed by atoms with Crippen molar-refractivity contribution in [3.05, 3.63) is 0 Å². The summed E-state index contributed by atoms with van der Waals surface area (Å²) in [4.78, 5) is 0. The molecule has 2 aliphatic rings. The number of hydrogen-bond donors (Lipinski definition) is 0. The Bertz CT molecular complexity index is 274. The molecule has 18 heavy (non-hydrogen) atoms. The molecule has 0 aliphatic heterocycles. The summed E-state index contributed by atoms with van der Waals surface area (Å²) in [5.41, 5.74) is 1.23. The lowest BCUT2D eigenvalue weighted by Gasteiger charge is -2.50. The van der Waals surface area contributed by atoms with Gasteiger partial charge in [-0.15, -0.1) is 0 Å². The van der Waals surface area contributed by atoms with E-state index in [1.807, 2.05) is 0 Å². The van der Waals surface area contributed by atoms with E-state index in [0.29, 0.717) is 10.8 Å². The molecule has 0 aromatic rings. The van der Waals surface area contributed by atoms with Gasteiger partial charge in [-0.05, 0) is 60.7 Å². The summed E-state index contributed by atoms with van der Waals surface area (Å²) in [5, 5.41) is 0. The van der Waals surface area contributed by atoms with Gasteiger partial charge in [0.25, 0.3) is 0 Å². The second kappa shape index (κ2) is 5.17. The van der Waals surface area contributed by atoms with E-state index in [1.54, 1.807) is 0 Å². The molecule has 2 saturated carbocycles. The zero-order valence-corrected chi connectivity index (χ0v) is 13.4. The van der Waals surface area contributed by atoms with E-state index < -0.39 is 0 Å². The highest BCUT2D eigenvalue weighted by atomic mass is 14.5. The van der Waals surface area contributed by atoms with Crippen molar-refractivity contribution in [3.8, 4) is 0 Å². The Kier molecular flexibility index (Phi) is 4.14. The summed E-state index contributed by atoms with van der Waals surface area (Å²) in [6.07, 6.45) is 11.8. The van der Waals surface area contributed by atoms with Gasteiger partial charge in [-0.2, -0.15) is 0 Å². The lowest BCUT2D eigenvalue weighted by atomic mass is 9.55. The molecule has 0 nitrogen and oxygen atoms in total. The van der Waals surface area contributed by atoms with Crippen LogP contribution in [-0.4, -0.2) is 0 Å². The van der Waals surface area contributed by atoms with E-state index in [2.05, 4.69) is 34.6 Å². The first kappa shape index (κ1) is 14.4. The van der Waals surface area contributed by atoms with E-state index in [9.17, 15) is 0 Å². The Labute approximate surface area is 115 Å². The third-order valence-corrected chi connectivity index (χ3v) is 7.13. The van der Waals surface area contributed by atoms with Gasteiger partial charge in [0.1, 0.15) is 0 Å². The summed E-state index contributed by atoms with van der Waals surface area (Å²) >= 11 is 0. The van der Waals surface area contributed by atoms with Crippen LogP contribution in [0, 0.1) is 28.6 Å². The van der Waals surface area contributed by atoms with Gasteiger partial charge in [0.15, 0.2) is 0 Å². The Morgan fingerprint density at radius 1 is 0.722 bits per heavy atom. The molecule has 0 aromatic heterocycles. The summed E-state index contributed by atoms with van der Waals surface area (Å²) in [5.74, 6) is 2.75. The normalized spacial score (nSPS) is 45.5. The van der Waals surface area contributed by atoms with Crippen LogP contribution in [-0.2, 0) is 0 Å². The van der Waals surface area contributed by atoms with Crippen molar-refractivity contribution < 1.29 is 0 Å². The zero-order chi connectivity index (χ0) is 13.4. The van der Waals surface area contributed by atoms with Gasteiger partial charge < -0.3 is 0 Å². The van der Waals surface area contributed by atoms with Crippen molar-refractivity contribution in [2.45, 2.75) is 86.0 Å². The van der Waals surface area contributed by atoms with Crippen LogP contribution in [0.25, 0.3) is 0 Å². The third-order valence-electron chi connectivity index (χ3n) is 7.13. The fourth-order valence-electron chi connectivity index (χ4n) is 4.85. The van der Waals surface area contributed by atoms with E-state index >= 15 is 0 Å². The van der Waals surface area contributed by atoms with Gasteiger partial charge in [-0.3, -0.25) is 0 Å². The van der Waals surface area contributed by atoms with Crippen molar-refractivity contribution in [1.82, 2.24) is 0 Å². The Morgan fingerprint density at radius 3 is 1.94 bits per heavy atom. The highest BCUT2D eigenvalue weighted by molar-refractivity contribution is 4.97. The first-order valence-electron chi connectivity index (χ1n) is 8.38. The van der Waals surface area contributed by atoms with Crippen LogP contribution >= 0.6 is 0 Å². The molecule has 0 heteroatoms. The molecule has 106 valence electrons. The molecule has 0 bridgehead atoms. The highest BCUT2D eigenvalue weighted by Gasteiger charge is 2.47. The quantitative estimate of drug-likeness (QED) is 0.496. The van der Waals surface area contributed by atoms with Gasteiger partial charge in [-0.25, -0.2) is 0 Å². The lowest BCUT2D eigenvalue weighted by molar-refractivity contribution is 0.00353. The molecule has 0 saturated heterocycles. The van der Waals surface area contributed by atoms with E-state index in [-0.39, 0.29) is 0 Å². The van der Waals surface area contributed by atoms with E-state index in [1.165, 1.54) is 51.4 Å². The molecule has 0 heterocycles. The summed E-state index contributed by atoms with van der Waals surface area (Å²) in [7, 11) is 0. The molecule has 4 atom stereocenters. The van der Waals surface area contributed by atoms with Crippen LogP contribution in [0.2, 0.25) is 0 Å². The zero-order valence-electron chi connectivity index (χ0n) is 13.4. The first-order valence-corrected chi connectivity index (χ1v) is 8.38. The van der Waals surface area contributed by atoms with Crippen LogP contribution in [0.15, 0.2) is 0 Å². The minimum absolute atomic E-state index is 0.603. The molecule has 0 amide bonds. The second-order valence-corrected chi connectivity index (χ2v) is 8.24. The average Bonchev–Trinajstić information content (AvgIpc) is 2.44. The van der Waals surface area contributed by atoms with Crippen molar-refractivity contribution in [2.75, 3.05) is 0 Å². The standard InChI is InChI=1S/C18H34/c1-14-9-12-18(5,13-15(2)16(14)3)17(4)10-7-6-8-11-17/h14-16H,6-13H2,1-5H3. The SMILES string of the molecule is CC1CCC(C)(C2(C)CCCCC2)CC(C)C1C. The Hall–Kier alpha value is 0. The summed E-state index contributed by atoms with van der Waals surface area (Å²) < 4.78 is 0. The van der Waals surface area contributed by atoms with Gasteiger partial charge in [-0.1, -0.05) is 53.9 Å². The van der Waals surface area contributed by atoms with E-state index in [4.69, 9.17) is 0 Å². The van der Waals surface area contributed by atoms with Gasteiger partial charge in [0, 0.05) is 0 Å². The largest absolute Gasteiger partial charge is 0.0622 e. The number of hydrogen-bond acceptors (Lipinski definition) is 0. The maximum absolute atomic E-state index is 2.62. The fourth-order valence-corrected chi connectivity index (χ4v) is 4.85. The van der Waals surface area contributed by atoms with Gasteiger partial charge in [0.05, 0.1) is 0 Å². The lowest BCUT2D eigenvalue weighted by Crippen LogP contribution is -2.40. The van der Waals surface area contributed by atoms with Crippen LogP contribution in [0.4, 0.5) is 0 Å². The first-order chi connectivity index (χ1) is 8.38. The molecule has 2 aliphatic carbocycles. The van der Waals surface area contributed by atoms with Crippen LogP contribution < -0.4 is 0 Å². The minimum atomic E-state index is 0.603. The van der Waals surface area contributed by atoms with Crippen LogP contribution in [0.3, 0.4) is 0 Å². The van der Waals surface area contributed by atoms with E-state index in [0.717, 1.165) is 17.8 Å². The average molecular weight is 250 g/mol. The predicted octanol–water partition coefficient (Wildman–Crippen LogP) is 6.06. The van der Waals surface area contributed by atoms with Crippen LogP contribution in [0.5, 0.6) is 0 Å². The fraction of sp³-hybridized carbons (Fsp3) is 1.00. The third kappa shape index (κ3) is 2.49. The monoisotopic (exact) mass is 250 g/mol. The highest BCUT2D eigenvalue weighted by Crippen LogP contribution is 2.57. The summed E-state index contributed by atoms with van der Waals surface area (Å²) in [6.45, 7) is 12.7. The maximum Gasteiger partial charge on any atom is -0.0269 e. The molecule has 2 rings (SSSR count). The Morgan fingerprint density at radius 2 is 1.33 bits per heavy atom. The summed E-state index contributed by atoms with van der Waals surface area (Å²) in [6, 6.07) is 0. The topological polar surface area (TPSA) is 0 Å². The minimum Gasteiger partial charge on any atom is -0.0622 e. The van der Waals surface area contributed by atoms with Crippen molar-refractivity contribution >= 4 is 0 Å².